The molecule has 1 aromatic rings. The Labute approximate surface area is 134 Å². The van der Waals surface area contributed by atoms with Crippen molar-refractivity contribution in [2.45, 2.75) is 38.7 Å². The van der Waals surface area contributed by atoms with Gasteiger partial charge in [0.2, 0.25) is 0 Å². The molecule has 1 aromatic carbocycles. The third-order valence-electron chi connectivity index (χ3n) is 3.86. The number of rotatable bonds is 2. The lowest BCUT2D eigenvalue weighted by Crippen LogP contribution is -2.45. The van der Waals surface area contributed by atoms with Crippen LogP contribution in [0, 0.1) is 17.6 Å². The molecule has 1 saturated heterocycles. The van der Waals surface area contributed by atoms with Gasteiger partial charge in [0.25, 0.3) is 0 Å². The molecule has 1 heterocycles. The molecule has 0 saturated carbocycles. The molecule has 2 rings (SSSR count). The summed E-state index contributed by atoms with van der Waals surface area (Å²) in [5.74, 6) is -2.55. The van der Waals surface area contributed by atoms with E-state index in [2.05, 4.69) is 0 Å². The normalized spacial score (nSPS) is 21.9. The van der Waals surface area contributed by atoms with E-state index in [1.54, 1.807) is 20.8 Å². The summed E-state index contributed by atoms with van der Waals surface area (Å²) in [5.41, 5.74) is -0.0325. The number of amides is 1. The maximum Gasteiger partial charge on any atom is 0.410 e. The quantitative estimate of drug-likeness (QED) is 0.782. The third-order valence-corrected chi connectivity index (χ3v) is 3.86. The van der Waals surface area contributed by atoms with Gasteiger partial charge in [-0.05, 0) is 50.8 Å². The van der Waals surface area contributed by atoms with Crippen molar-refractivity contribution < 1.29 is 23.1 Å². The van der Waals surface area contributed by atoms with Gasteiger partial charge in [0.05, 0.1) is 0 Å². The highest BCUT2D eigenvalue weighted by Gasteiger charge is 2.34. The van der Waals surface area contributed by atoms with Crippen molar-refractivity contribution in [1.82, 2.24) is 4.90 Å². The van der Waals surface area contributed by atoms with Gasteiger partial charge >= 0.3 is 6.09 Å². The lowest BCUT2D eigenvalue weighted by Gasteiger charge is -2.37. The Balaban J connectivity index is 2.11. The second-order valence-electron chi connectivity index (χ2n) is 6.80. The molecule has 0 N–H and O–H groups in total. The van der Waals surface area contributed by atoms with Crippen LogP contribution >= 0.6 is 0 Å². The summed E-state index contributed by atoms with van der Waals surface area (Å²) in [6.45, 7) is 5.94. The average molecular weight is 325 g/mol. The van der Waals surface area contributed by atoms with Crippen LogP contribution in [-0.2, 0) is 9.53 Å². The van der Waals surface area contributed by atoms with Crippen molar-refractivity contribution in [3.63, 3.8) is 0 Å². The number of aldehydes is 1. The number of likely N-dealkylation sites (tertiary alicyclic amines) is 1. The van der Waals surface area contributed by atoms with E-state index in [1.807, 2.05) is 0 Å². The summed E-state index contributed by atoms with van der Waals surface area (Å²) in [4.78, 5) is 25.0. The molecule has 4 nitrogen and oxygen atoms in total. The maximum absolute atomic E-state index is 13.4. The molecular weight excluding hydrogens is 304 g/mol. The molecule has 2 atom stereocenters. The molecule has 0 radical (unpaired) electrons. The van der Waals surface area contributed by atoms with Crippen molar-refractivity contribution in [3.8, 4) is 0 Å². The fraction of sp³-hybridized carbons (Fsp3) is 0.529. The zero-order valence-electron chi connectivity index (χ0n) is 13.5. The predicted octanol–water partition coefficient (Wildman–Crippen LogP) is 3.50. The zero-order valence-corrected chi connectivity index (χ0v) is 13.5. The van der Waals surface area contributed by atoms with Gasteiger partial charge in [0.1, 0.15) is 11.9 Å². The lowest BCUT2D eigenvalue weighted by molar-refractivity contribution is -0.113. The minimum absolute atomic E-state index is 0.210. The van der Waals surface area contributed by atoms with Gasteiger partial charge in [-0.25, -0.2) is 13.6 Å². The predicted molar refractivity (Wildman–Crippen MR) is 81.1 cm³/mol. The first-order chi connectivity index (χ1) is 10.7. The van der Waals surface area contributed by atoms with E-state index in [0.717, 1.165) is 18.4 Å². The summed E-state index contributed by atoms with van der Waals surface area (Å²) >= 11 is 0. The van der Waals surface area contributed by atoms with E-state index in [1.165, 1.54) is 11.0 Å². The van der Waals surface area contributed by atoms with Crippen molar-refractivity contribution in [3.05, 3.63) is 35.4 Å². The second kappa shape index (κ2) is 6.64. The number of piperidine rings is 1. The highest BCUT2D eigenvalue weighted by atomic mass is 19.2. The molecule has 0 unspecified atom stereocenters. The average Bonchev–Trinajstić information content (AvgIpc) is 2.47. The zero-order chi connectivity index (χ0) is 17.2. The minimum Gasteiger partial charge on any atom is -0.444 e. The van der Waals surface area contributed by atoms with E-state index in [9.17, 15) is 18.4 Å². The molecule has 1 fully saturated rings. The van der Waals surface area contributed by atoms with Crippen LogP contribution in [0.3, 0.4) is 0 Å². The topological polar surface area (TPSA) is 46.6 Å². The number of carbonyl (C=O) groups excluding carboxylic acids is 2. The number of nitrogens with zero attached hydrogens (tertiary/aromatic N) is 1. The van der Waals surface area contributed by atoms with Gasteiger partial charge in [-0.15, -0.1) is 0 Å². The molecule has 23 heavy (non-hydrogen) atoms. The van der Waals surface area contributed by atoms with Crippen LogP contribution < -0.4 is 0 Å². The van der Waals surface area contributed by atoms with Crippen molar-refractivity contribution in [2.75, 3.05) is 13.1 Å². The first-order valence-corrected chi connectivity index (χ1v) is 7.59. The van der Waals surface area contributed by atoms with Crippen LogP contribution in [0.5, 0.6) is 0 Å². The fourth-order valence-electron chi connectivity index (χ4n) is 2.77. The van der Waals surface area contributed by atoms with Crippen LogP contribution in [0.15, 0.2) is 18.2 Å². The van der Waals surface area contributed by atoms with Crippen LogP contribution in [-0.4, -0.2) is 36.0 Å². The van der Waals surface area contributed by atoms with Gasteiger partial charge in [-0.2, -0.15) is 0 Å². The van der Waals surface area contributed by atoms with Crippen molar-refractivity contribution in [2.24, 2.45) is 5.92 Å². The standard InChI is InChI=1S/C17H21F2NO3/c1-17(2,3)23-16(22)20-7-6-13(12(9-20)10-21)11-4-5-14(18)15(19)8-11/h4-5,8,10,12-13H,6-7,9H2,1-3H3/t12-,13-/m1/s1. The first kappa shape index (κ1) is 17.4. The van der Waals surface area contributed by atoms with Crippen LogP contribution in [0.25, 0.3) is 0 Å². The number of hydrogen-bond donors (Lipinski definition) is 0. The third kappa shape index (κ3) is 4.27. The lowest BCUT2D eigenvalue weighted by atomic mass is 9.81. The van der Waals surface area contributed by atoms with Crippen molar-refractivity contribution in [1.29, 1.82) is 0 Å². The number of hydrogen-bond acceptors (Lipinski definition) is 3. The molecule has 6 heteroatoms. The van der Waals surface area contributed by atoms with Crippen LogP contribution in [0.2, 0.25) is 0 Å². The molecule has 126 valence electrons. The van der Waals surface area contributed by atoms with E-state index in [-0.39, 0.29) is 12.5 Å². The SMILES string of the molecule is CC(C)(C)OC(=O)N1CC[C@H](c2ccc(F)c(F)c2)[C@@H](C=O)C1. The highest BCUT2D eigenvalue weighted by molar-refractivity contribution is 5.69. The van der Waals surface area contributed by atoms with Gasteiger partial charge in [0.15, 0.2) is 11.6 Å². The van der Waals surface area contributed by atoms with E-state index >= 15 is 0 Å². The second-order valence-corrected chi connectivity index (χ2v) is 6.80. The molecule has 1 aliphatic rings. The van der Waals surface area contributed by atoms with Crippen molar-refractivity contribution >= 4 is 12.4 Å². The summed E-state index contributed by atoms with van der Waals surface area (Å²) in [6, 6.07) is 3.68. The van der Waals surface area contributed by atoms with Gasteiger partial charge < -0.3 is 14.4 Å². The molecule has 0 spiro atoms. The summed E-state index contributed by atoms with van der Waals surface area (Å²) in [6.07, 6.45) is 0.795. The number of ether oxygens (including phenoxy) is 1. The smallest absolute Gasteiger partial charge is 0.410 e. The first-order valence-electron chi connectivity index (χ1n) is 7.59. The fourth-order valence-corrected chi connectivity index (χ4v) is 2.77. The number of carbonyl (C=O) groups is 2. The molecule has 1 aliphatic heterocycles. The van der Waals surface area contributed by atoms with Gasteiger partial charge in [0, 0.05) is 19.0 Å². The summed E-state index contributed by atoms with van der Waals surface area (Å²) in [5, 5.41) is 0. The van der Waals surface area contributed by atoms with E-state index in [4.69, 9.17) is 4.74 Å². The Kier molecular flexibility index (Phi) is 5.02. The molecule has 0 bridgehead atoms. The van der Waals surface area contributed by atoms with E-state index < -0.39 is 29.2 Å². The monoisotopic (exact) mass is 325 g/mol. The number of halogens is 2. The Morgan fingerprint density at radius 3 is 2.57 bits per heavy atom. The van der Waals surface area contributed by atoms with Crippen LogP contribution in [0.1, 0.15) is 38.7 Å². The number of benzene rings is 1. The molecular formula is C17H21F2NO3. The van der Waals surface area contributed by atoms with E-state index in [0.29, 0.717) is 18.5 Å². The molecule has 0 aliphatic carbocycles. The molecule has 0 aromatic heterocycles. The Morgan fingerprint density at radius 1 is 1.30 bits per heavy atom. The van der Waals surface area contributed by atoms with Gasteiger partial charge in [-0.3, -0.25) is 0 Å². The van der Waals surface area contributed by atoms with Gasteiger partial charge in [-0.1, -0.05) is 6.07 Å². The molecule has 1 amide bonds. The Morgan fingerprint density at radius 2 is 2.00 bits per heavy atom. The minimum atomic E-state index is -0.929. The summed E-state index contributed by atoms with van der Waals surface area (Å²) in [7, 11) is 0. The highest BCUT2D eigenvalue weighted by Crippen LogP contribution is 2.33. The van der Waals surface area contributed by atoms with Crippen LogP contribution in [0.4, 0.5) is 13.6 Å². The Bertz CT molecular complexity index is 598. The Hall–Kier alpha value is -1.98. The largest absolute Gasteiger partial charge is 0.444 e. The summed E-state index contributed by atoms with van der Waals surface area (Å²) < 4.78 is 31.8. The maximum atomic E-state index is 13.4.